The van der Waals surface area contributed by atoms with Crippen molar-refractivity contribution in [2.45, 2.75) is 39.0 Å². The van der Waals surface area contributed by atoms with Crippen LogP contribution in [0, 0.1) is 5.92 Å². The third-order valence-corrected chi connectivity index (χ3v) is 3.01. The van der Waals surface area contributed by atoms with Crippen LogP contribution >= 0.6 is 0 Å². The van der Waals surface area contributed by atoms with Gasteiger partial charge in [0.05, 0.1) is 6.61 Å². The van der Waals surface area contributed by atoms with Gasteiger partial charge in [-0.05, 0) is 25.0 Å². The molecule has 0 fully saturated rings. The maximum atomic E-state index is 11.7. The predicted octanol–water partition coefficient (Wildman–Crippen LogP) is 2.00. The van der Waals surface area contributed by atoms with Gasteiger partial charge in [0.25, 0.3) is 0 Å². The van der Waals surface area contributed by atoms with Crippen LogP contribution in [0.15, 0.2) is 30.3 Å². The van der Waals surface area contributed by atoms with Gasteiger partial charge in [-0.25, -0.2) is 0 Å². The Morgan fingerprint density at radius 1 is 1.19 bits per heavy atom. The molecule has 0 saturated heterocycles. The van der Waals surface area contributed by atoms with Crippen molar-refractivity contribution >= 4 is 5.97 Å². The Bertz CT molecular complexity index is 420. The smallest absolute Gasteiger partial charge is 0.323 e. The zero-order valence-electron chi connectivity index (χ0n) is 13.1. The number of nitrogens with two attached hydrogens (primary N) is 1. The van der Waals surface area contributed by atoms with Gasteiger partial charge < -0.3 is 19.9 Å². The summed E-state index contributed by atoms with van der Waals surface area (Å²) in [5, 5.41) is 0. The molecule has 1 rings (SSSR count). The molecule has 2 N–H and O–H groups in total. The fourth-order valence-electron chi connectivity index (χ4n) is 1.91. The maximum Gasteiger partial charge on any atom is 0.323 e. The van der Waals surface area contributed by atoms with Gasteiger partial charge in [-0.2, -0.15) is 0 Å². The molecule has 5 heteroatoms. The van der Waals surface area contributed by atoms with E-state index in [1.165, 1.54) is 0 Å². The van der Waals surface area contributed by atoms with Crippen molar-refractivity contribution in [1.82, 2.24) is 0 Å². The lowest BCUT2D eigenvalue weighted by Gasteiger charge is -2.30. The van der Waals surface area contributed by atoms with Gasteiger partial charge in [-0.1, -0.05) is 32.0 Å². The van der Waals surface area contributed by atoms with Crippen molar-refractivity contribution in [3.05, 3.63) is 30.3 Å². The second-order valence-electron chi connectivity index (χ2n) is 5.36. The number of esters is 1. The quantitative estimate of drug-likeness (QED) is 0.743. The summed E-state index contributed by atoms with van der Waals surface area (Å²) in [7, 11) is 1.56. The molecular formula is C16H25NO4. The standard InChI is InChI=1S/C16H25NO4/c1-11(2)15(20-13-8-6-5-7-9-13)14(10-19-4)21-16(18)12(3)17/h5-9,11-12,14-15H,10,17H2,1-4H3/t12-,14-,15+/m0/s1. The first-order valence-corrected chi connectivity index (χ1v) is 7.12. The van der Waals surface area contributed by atoms with Gasteiger partial charge in [-0.15, -0.1) is 0 Å². The second-order valence-corrected chi connectivity index (χ2v) is 5.36. The number of ether oxygens (including phenoxy) is 3. The van der Waals surface area contributed by atoms with Gasteiger partial charge in [0, 0.05) is 7.11 Å². The summed E-state index contributed by atoms with van der Waals surface area (Å²) in [5.41, 5.74) is 5.55. The first kappa shape index (κ1) is 17.5. The number of para-hydroxylation sites is 1. The summed E-state index contributed by atoms with van der Waals surface area (Å²) < 4.78 is 16.6. The largest absolute Gasteiger partial charge is 0.486 e. The van der Waals surface area contributed by atoms with E-state index in [4.69, 9.17) is 19.9 Å². The molecule has 0 aliphatic carbocycles. The molecule has 0 saturated carbocycles. The van der Waals surface area contributed by atoms with E-state index in [-0.39, 0.29) is 18.6 Å². The first-order valence-electron chi connectivity index (χ1n) is 7.12. The van der Waals surface area contributed by atoms with Crippen LogP contribution in [0.25, 0.3) is 0 Å². The number of hydrogen-bond acceptors (Lipinski definition) is 5. The summed E-state index contributed by atoms with van der Waals surface area (Å²) in [6.45, 7) is 5.87. The van der Waals surface area contributed by atoms with E-state index in [0.29, 0.717) is 0 Å². The Balaban J connectivity index is 2.84. The maximum absolute atomic E-state index is 11.7. The molecule has 3 atom stereocenters. The Labute approximate surface area is 126 Å². The molecule has 0 aliphatic heterocycles. The predicted molar refractivity (Wildman–Crippen MR) is 81.1 cm³/mol. The van der Waals surface area contributed by atoms with Gasteiger partial charge in [0.1, 0.15) is 17.9 Å². The number of rotatable bonds is 8. The van der Waals surface area contributed by atoms with E-state index in [2.05, 4.69) is 0 Å². The van der Waals surface area contributed by atoms with Crippen molar-refractivity contribution in [1.29, 1.82) is 0 Å². The molecule has 0 heterocycles. The summed E-state index contributed by atoms with van der Waals surface area (Å²) in [6, 6.07) is 8.77. The van der Waals surface area contributed by atoms with Crippen molar-refractivity contribution in [2.75, 3.05) is 13.7 Å². The highest BCUT2D eigenvalue weighted by atomic mass is 16.6. The van der Waals surface area contributed by atoms with Crippen LogP contribution in [-0.4, -0.2) is 37.9 Å². The average Bonchev–Trinajstić information content (AvgIpc) is 2.45. The van der Waals surface area contributed by atoms with E-state index in [0.717, 1.165) is 5.75 Å². The summed E-state index contributed by atoms with van der Waals surface area (Å²) in [4.78, 5) is 11.7. The van der Waals surface area contributed by atoms with Gasteiger partial charge in [0.2, 0.25) is 0 Å². The zero-order valence-corrected chi connectivity index (χ0v) is 13.1. The second kappa shape index (κ2) is 8.64. The van der Waals surface area contributed by atoms with Crippen LogP contribution in [0.2, 0.25) is 0 Å². The van der Waals surface area contributed by atoms with E-state index in [1.54, 1.807) is 14.0 Å². The van der Waals surface area contributed by atoms with Gasteiger partial charge in [0.15, 0.2) is 6.10 Å². The normalized spacial score (nSPS) is 15.3. The molecule has 0 aliphatic rings. The molecule has 21 heavy (non-hydrogen) atoms. The average molecular weight is 295 g/mol. The van der Waals surface area contributed by atoms with Crippen molar-refractivity contribution < 1.29 is 19.0 Å². The topological polar surface area (TPSA) is 70.8 Å². The van der Waals surface area contributed by atoms with Crippen LogP contribution < -0.4 is 10.5 Å². The number of benzene rings is 1. The van der Waals surface area contributed by atoms with Crippen molar-refractivity contribution in [3.63, 3.8) is 0 Å². The fourth-order valence-corrected chi connectivity index (χ4v) is 1.91. The summed E-state index contributed by atoms with van der Waals surface area (Å²) >= 11 is 0. The minimum absolute atomic E-state index is 0.145. The molecule has 0 bridgehead atoms. The highest BCUT2D eigenvalue weighted by Gasteiger charge is 2.30. The van der Waals surface area contributed by atoms with Crippen LogP contribution in [0.5, 0.6) is 5.75 Å². The fraction of sp³-hybridized carbons (Fsp3) is 0.562. The van der Waals surface area contributed by atoms with Crippen molar-refractivity contribution in [3.8, 4) is 5.75 Å². The number of carbonyl (C=O) groups excluding carboxylic acids is 1. The molecule has 0 spiro atoms. The van der Waals surface area contributed by atoms with E-state index >= 15 is 0 Å². The molecule has 0 amide bonds. The minimum Gasteiger partial charge on any atom is -0.486 e. The summed E-state index contributed by atoms with van der Waals surface area (Å²) in [5.74, 6) is 0.416. The number of carbonyl (C=O) groups is 1. The monoisotopic (exact) mass is 295 g/mol. The van der Waals surface area contributed by atoms with Crippen molar-refractivity contribution in [2.24, 2.45) is 11.7 Å². The van der Waals surface area contributed by atoms with Gasteiger partial charge >= 0.3 is 5.97 Å². The molecule has 5 nitrogen and oxygen atoms in total. The highest BCUT2D eigenvalue weighted by molar-refractivity contribution is 5.75. The lowest BCUT2D eigenvalue weighted by Crippen LogP contribution is -2.45. The first-order chi connectivity index (χ1) is 9.95. The van der Waals surface area contributed by atoms with E-state index in [9.17, 15) is 4.79 Å². The molecule has 0 aromatic heterocycles. The van der Waals surface area contributed by atoms with Gasteiger partial charge in [-0.3, -0.25) is 4.79 Å². The SMILES string of the molecule is COC[C@H](OC(=O)[C@H](C)N)[C@H](Oc1ccccc1)C(C)C. The molecule has 0 unspecified atom stereocenters. The number of hydrogen-bond donors (Lipinski definition) is 1. The lowest BCUT2D eigenvalue weighted by molar-refractivity contribution is -0.160. The van der Waals surface area contributed by atoms with Crippen LogP contribution in [0.1, 0.15) is 20.8 Å². The Kier molecular flexibility index (Phi) is 7.19. The third-order valence-electron chi connectivity index (χ3n) is 3.01. The van der Waals surface area contributed by atoms with E-state index < -0.39 is 18.1 Å². The summed E-state index contributed by atoms with van der Waals surface area (Å²) in [6.07, 6.45) is -0.816. The lowest BCUT2D eigenvalue weighted by atomic mass is 10.0. The minimum atomic E-state index is -0.672. The zero-order chi connectivity index (χ0) is 15.8. The van der Waals surface area contributed by atoms with Crippen LogP contribution in [0.4, 0.5) is 0 Å². The Morgan fingerprint density at radius 2 is 1.81 bits per heavy atom. The molecular weight excluding hydrogens is 270 g/mol. The molecule has 1 aromatic carbocycles. The highest BCUT2D eigenvalue weighted by Crippen LogP contribution is 2.20. The number of methoxy groups -OCH3 is 1. The van der Waals surface area contributed by atoms with Crippen LogP contribution in [-0.2, 0) is 14.3 Å². The Morgan fingerprint density at radius 3 is 2.29 bits per heavy atom. The van der Waals surface area contributed by atoms with Crippen LogP contribution in [0.3, 0.4) is 0 Å². The van der Waals surface area contributed by atoms with E-state index in [1.807, 2.05) is 44.2 Å². The molecule has 0 radical (unpaired) electrons. The molecule has 118 valence electrons. The third kappa shape index (κ3) is 5.73. The Hall–Kier alpha value is -1.59. The molecule has 1 aromatic rings.